The zero-order valence-electron chi connectivity index (χ0n) is 41.6. The molecule has 2 heteroatoms. The summed E-state index contributed by atoms with van der Waals surface area (Å²) in [4.78, 5) is 2.55. The highest BCUT2D eigenvalue weighted by Gasteiger charge is 2.52. The second-order valence-electron chi connectivity index (χ2n) is 20.6. The molecule has 2 heterocycles. The fourth-order valence-electron chi connectivity index (χ4n) is 14.1. The third kappa shape index (κ3) is 5.76. The van der Waals surface area contributed by atoms with E-state index >= 15 is 0 Å². The van der Waals surface area contributed by atoms with Gasteiger partial charge < -0.3 is 9.47 Å². The molecule has 3 aliphatic rings. The van der Waals surface area contributed by atoms with Gasteiger partial charge in [0.1, 0.15) is 0 Å². The molecule has 1 unspecified atom stereocenters. The summed E-state index contributed by atoms with van der Waals surface area (Å²) in [5, 5.41) is 2.55. The molecule has 16 rings (SSSR count). The van der Waals surface area contributed by atoms with Crippen LogP contribution in [0, 0.1) is 0 Å². The van der Waals surface area contributed by atoms with Crippen molar-refractivity contribution in [3.63, 3.8) is 0 Å². The molecule has 13 aromatic rings. The van der Waals surface area contributed by atoms with Crippen molar-refractivity contribution >= 4 is 38.9 Å². The SMILES string of the molecule is c1ccc(-c2ccc(-c3ccc(N(c4ccc5c(c4)C4(c6ccccc6-5)c5ccccc5-n5c6ccccc6c6cccc4c65)c4cccc5c4-c4ccccc4C5(c4ccccc4)c4ccccc4)cc3)cc2)cc1. The Morgan fingerprint density at radius 3 is 1.49 bits per heavy atom. The first-order valence-corrected chi connectivity index (χ1v) is 26.5. The van der Waals surface area contributed by atoms with Crippen LogP contribution in [0.5, 0.6) is 0 Å². The number of hydrogen-bond donors (Lipinski definition) is 0. The number of para-hydroxylation sites is 3. The van der Waals surface area contributed by atoms with Crippen molar-refractivity contribution in [2.24, 2.45) is 0 Å². The first kappa shape index (κ1) is 42.7. The van der Waals surface area contributed by atoms with E-state index in [9.17, 15) is 0 Å². The van der Waals surface area contributed by atoms with Crippen LogP contribution in [-0.4, -0.2) is 4.57 Å². The molecule has 0 amide bonds. The minimum atomic E-state index is -0.606. The zero-order chi connectivity index (χ0) is 50.0. The lowest BCUT2D eigenvalue weighted by Gasteiger charge is -2.40. The van der Waals surface area contributed by atoms with Gasteiger partial charge in [0.05, 0.1) is 33.2 Å². The number of aromatic nitrogens is 1. The van der Waals surface area contributed by atoms with E-state index in [-0.39, 0.29) is 0 Å². The molecule has 0 saturated heterocycles. The fraction of sp³-hybridized carbons (Fsp3) is 0.0270. The minimum absolute atomic E-state index is 0.557. The zero-order valence-corrected chi connectivity index (χ0v) is 41.6. The Bertz CT molecular complexity index is 4400. The van der Waals surface area contributed by atoms with Gasteiger partial charge in [0, 0.05) is 27.7 Å². The lowest BCUT2D eigenvalue weighted by atomic mass is 9.65. The number of nitrogens with zero attached hydrogens (tertiary/aromatic N) is 2. The molecule has 0 radical (unpaired) electrons. The van der Waals surface area contributed by atoms with E-state index in [1.807, 2.05) is 0 Å². The average Bonchev–Trinajstić information content (AvgIpc) is 4.29. The normalized spacial score (nSPS) is 15.0. The predicted molar refractivity (Wildman–Crippen MR) is 315 cm³/mol. The predicted octanol–water partition coefficient (Wildman–Crippen LogP) is 18.6. The Morgan fingerprint density at radius 1 is 0.289 bits per heavy atom. The summed E-state index contributed by atoms with van der Waals surface area (Å²) >= 11 is 0. The van der Waals surface area contributed by atoms with Crippen LogP contribution in [0.3, 0.4) is 0 Å². The highest BCUT2D eigenvalue weighted by atomic mass is 15.1. The molecule has 2 aliphatic carbocycles. The lowest BCUT2D eigenvalue weighted by molar-refractivity contribution is 0.748. The summed E-state index contributed by atoms with van der Waals surface area (Å²) < 4.78 is 2.53. The molecule has 0 fully saturated rings. The summed E-state index contributed by atoms with van der Waals surface area (Å²) in [6.45, 7) is 0. The molecule has 2 nitrogen and oxygen atoms in total. The van der Waals surface area contributed by atoms with Crippen molar-refractivity contribution in [1.29, 1.82) is 0 Å². The van der Waals surface area contributed by atoms with Crippen LogP contribution in [0.1, 0.15) is 44.5 Å². The van der Waals surface area contributed by atoms with Crippen LogP contribution in [-0.2, 0) is 10.8 Å². The number of benzene rings is 12. The lowest BCUT2D eigenvalue weighted by Crippen LogP contribution is -2.33. The molecule has 1 atom stereocenters. The monoisotopic (exact) mass is 964 g/mol. The van der Waals surface area contributed by atoms with Crippen molar-refractivity contribution in [2.45, 2.75) is 10.8 Å². The molecule has 1 aliphatic heterocycles. The Morgan fingerprint density at radius 2 is 0.776 bits per heavy atom. The molecular formula is C74H48N2. The Hall–Kier alpha value is -9.76. The number of hydrogen-bond acceptors (Lipinski definition) is 1. The van der Waals surface area contributed by atoms with Crippen molar-refractivity contribution in [3.8, 4) is 50.2 Å². The van der Waals surface area contributed by atoms with E-state index < -0.39 is 10.8 Å². The van der Waals surface area contributed by atoms with E-state index in [4.69, 9.17) is 0 Å². The Balaban J connectivity index is 0.963. The number of fused-ring (bicyclic) bond motifs is 15. The Labute approximate surface area is 442 Å². The van der Waals surface area contributed by atoms with Crippen molar-refractivity contribution in [3.05, 3.63) is 336 Å². The molecule has 76 heavy (non-hydrogen) atoms. The minimum Gasteiger partial charge on any atom is -0.310 e. The maximum atomic E-state index is 2.55. The van der Waals surface area contributed by atoms with Gasteiger partial charge in [-0.15, -0.1) is 0 Å². The maximum Gasteiger partial charge on any atom is 0.0755 e. The van der Waals surface area contributed by atoms with Crippen LogP contribution in [0.4, 0.5) is 17.1 Å². The summed E-state index contributed by atoms with van der Waals surface area (Å²) in [6.07, 6.45) is 0. The van der Waals surface area contributed by atoms with Gasteiger partial charge in [-0.05, 0) is 126 Å². The maximum absolute atomic E-state index is 2.55. The highest BCUT2D eigenvalue weighted by Crippen LogP contribution is 2.63. The third-order valence-corrected chi connectivity index (χ3v) is 17.1. The second kappa shape index (κ2) is 16.4. The molecular weight excluding hydrogens is 917 g/mol. The van der Waals surface area contributed by atoms with Crippen LogP contribution in [0.25, 0.3) is 72.0 Å². The van der Waals surface area contributed by atoms with Gasteiger partial charge >= 0.3 is 0 Å². The van der Waals surface area contributed by atoms with Gasteiger partial charge in [-0.25, -0.2) is 0 Å². The van der Waals surface area contributed by atoms with Crippen LogP contribution in [0.2, 0.25) is 0 Å². The number of anilines is 3. The van der Waals surface area contributed by atoms with Gasteiger partial charge in [0.2, 0.25) is 0 Å². The van der Waals surface area contributed by atoms with Crippen LogP contribution in [0.15, 0.2) is 291 Å². The highest BCUT2D eigenvalue weighted by molar-refractivity contribution is 6.13. The molecule has 354 valence electrons. The van der Waals surface area contributed by atoms with E-state index in [0.717, 1.165) is 17.1 Å². The third-order valence-electron chi connectivity index (χ3n) is 17.1. The van der Waals surface area contributed by atoms with E-state index in [1.165, 1.54) is 117 Å². The van der Waals surface area contributed by atoms with Gasteiger partial charge in [-0.1, -0.05) is 249 Å². The quantitative estimate of drug-likeness (QED) is 0.155. The van der Waals surface area contributed by atoms with E-state index in [2.05, 4.69) is 301 Å². The molecule has 12 aromatic carbocycles. The summed E-state index contributed by atoms with van der Waals surface area (Å²) in [7, 11) is 0. The van der Waals surface area contributed by atoms with Crippen molar-refractivity contribution in [1.82, 2.24) is 4.57 Å². The Kier molecular flexibility index (Phi) is 9.20. The van der Waals surface area contributed by atoms with Gasteiger partial charge in [-0.2, -0.15) is 0 Å². The smallest absolute Gasteiger partial charge is 0.0755 e. The molecule has 0 saturated carbocycles. The van der Waals surface area contributed by atoms with Crippen molar-refractivity contribution in [2.75, 3.05) is 4.90 Å². The first-order chi connectivity index (χ1) is 37.7. The topological polar surface area (TPSA) is 8.17 Å². The summed E-state index contributed by atoms with van der Waals surface area (Å²) in [6, 6.07) is 109. The van der Waals surface area contributed by atoms with Gasteiger partial charge in [-0.3, -0.25) is 0 Å². The number of rotatable bonds is 7. The standard InChI is InChI=1S/C74H48N2/c1-4-20-49(21-5-1)50-38-40-51(41-39-50)52-42-44-55(45-43-52)75(70-37-19-33-65-71(70)61-28-11-14-31-63(61)73(65,53-22-6-2-7-23-53)54-24-8-3-9-25-54)56-46-47-58-57-26-10-13-30-62(57)74(67(58)48-56)64-32-15-17-36-69(64)76-68-35-16-12-27-59(68)60-29-18-34-66(74)72(60)76/h1-48H. The van der Waals surface area contributed by atoms with Crippen LogP contribution < -0.4 is 4.90 Å². The van der Waals surface area contributed by atoms with Crippen molar-refractivity contribution < 1.29 is 0 Å². The van der Waals surface area contributed by atoms with E-state index in [0.29, 0.717) is 0 Å². The van der Waals surface area contributed by atoms with Gasteiger partial charge in [0.25, 0.3) is 0 Å². The summed E-state index contributed by atoms with van der Waals surface area (Å²) in [5.41, 5.74) is 26.0. The summed E-state index contributed by atoms with van der Waals surface area (Å²) in [5.74, 6) is 0. The fourth-order valence-corrected chi connectivity index (χ4v) is 14.1. The largest absolute Gasteiger partial charge is 0.310 e. The molecule has 0 bridgehead atoms. The van der Waals surface area contributed by atoms with E-state index in [1.54, 1.807) is 0 Å². The first-order valence-electron chi connectivity index (χ1n) is 26.5. The second-order valence-corrected chi connectivity index (χ2v) is 20.6. The average molecular weight is 965 g/mol. The molecule has 1 spiro atoms. The molecule has 1 aromatic heterocycles. The van der Waals surface area contributed by atoms with Crippen LogP contribution >= 0.6 is 0 Å². The van der Waals surface area contributed by atoms with Gasteiger partial charge in [0.15, 0.2) is 0 Å². The molecule has 0 N–H and O–H groups in total.